The van der Waals surface area contributed by atoms with Crippen LogP contribution in [-0.4, -0.2) is 78.6 Å². The maximum atomic E-state index is 14.6. The number of aliphatic hydroxyl groups is 1. The Kier molecular flexibility index (Phi) is 9.23. The zero-order valence-corrected chi connectivity index (χ0v) is 25.9. The molecule has 1 saturated heterocycles. The van der Waals surface area contributed by atoms with Crippen LogP contribution in [0.5, 0.6) is 5.75 Å². The molecular formula is C26H32ClF3N7O7P. The average molecular weight is 678 g/mol. The number of imidazole rings is 1. The van der Waals surface area contributed by atoms with Crippen LogP contribution in [0.25, 0.3) is 11.2 Å². The van der Waals surface area contributed by atoms with Crippen LogP contribution in [0.3, 0.4) is 0 Å². The quantitative estimate of drug-likeness (QED) is 0.123. The van der Waals surface area contributed by atoms with Gasteiger partial charge >= 0.3 is 19.9 Å². The van der Waals surface area contributed by atoms with Gasteiger partial charge in [0.15, 0.2) is 23.2 Å². The molecule has 19 heteroatoms. The summed E-state index contributed by atoms with van der Waals surface area (Å²) >= 11 is 6.21. The summed E-state index contributed by atoms with van der Waals surface area (Å²) in [5.74, 6) is -0.751. The highest BCUT2D eigenvalue weighted by Gasteiger charge is 2.71. The van der Waals surface area contributed by atoms with Crippen molar-refractivity contribution in [1.29, 1.82) is 0 Å². The number of esters is 1. The summed E-state index contributed by atoms with van der Waals surface area (Å²) in [6.45, 7) is 3.65. The Bertz CT molecular complexity index is 1580. The Morgan fingerprint density at radius 3 is 2.58 bits per heavy atom. The summed E-state index contributed by atoms with van der Waals surface area (Å²) in [4.78, 5) is 21.3. The van der Waals surface area contributed by atoms with E-state index in [9.17, 15) is 27.6 Å². The van der Waals surface area contributed by atoms with Crippen LogP contribution < -0.4 is 20.7 Å². The molecule has 2 aromatic heterocycles. The zero-order valence-electron chi connectivity index (χ0n) is 24.3. The van der Waals surface area contributed by atoms with E-state index in [1.165, 1.54) is 19.1 Å². The van der Waals surface area contributed by atoms with Gasteiger partial charge in [0.1, 0.15) is 24.0 Å². The third-order valence-electron chi connectivity index (χ3n) is 6.92. The fraction of sp³-hybridized carbons (Fsp3) is 0.538. The predicted octanol–water partition coefficient (Wildman–Crippen LogP) is 3.91. The molecule has 0 amide bonds. The normalized spacial score (nSPS) is 25.7. The van der Waals surface area contributed by atoms with Crippen molar-refractivity contribution < 1.29 is 46.2 Å². The molecular weight excluding hydrogens is 646 g/mol. The molecule has 0 spiro atoms. The topological polar surface area (TPSA) is 185 Å². The van der Waals surface area contributed by atoms with E-state index < -0.39 is 62.0 Å². The number of nitrogen functional groups attached to an aromatic ring is 1. The van der Waals surface area contributed by atoms with E-state index in [1.54, 1.807) is 32.0 Å². The number of alkyl halides is 4. The number of ether oxygens (including phenoxy) is 2. The lowest BCUT2D eigenvalue weighted by Crippen LogP contribution is -2.53. The number of nitrogens with two attached hydrogens (primary N) is 1. The first-order chi connectivity index (χ1) is 21.1. The molecule has 1 aliphatic heterocycles. The molecule has 45 heavy (non-hydrogen) atoms. The van der Waals surface area contributed by atoms with Crippen LogP contribution in [0.2, 0.25) is 0 Å². The van der Waals surface area contributed by atoms with Gasteiger partial charge in [-0.1, -0.05) is 18.2 Å². The van der Waals surface area contributed by atoms with Gasteiger partial charge in [-0.2, -0.15) is 28.2 Å². The minimum Gasteiger partial charge on any atom is -0.462 e. The Labute approximate surface area is 260 Å². The van der Waals surface area contributed by atoms with Crippen LogP contribution in [0.1, 0.15) is 39.8 Å². The lowest BCUT2D eigenvalue weighted by Gasteiger charge is -2.32. The molecule has 1 aromatic carbocycles. The number of halogens is 4. The Balaban J connectivity index is 1.43. The summed E-state index contributed by atoms with van der Waals surface area (Å²) in [6.07, 6.45) is -9.35. The number of carbonyl (C=O) groups excluding carboxylic acids is 1. The van der Waals surface area contributed by atoms with Gasteiger partial charge in [0.2, 0.25) is 10.8 Å². The summed E-state index contributed by atoms with van der Waals surface area (Å²) in [5, 5.41) is 16.5. The van der Waals surface area contributed by atoms with E-state index in [0.717, 1.165) is 23.7 Å². The van der Waals surface area contributed by atoms with Gasteiger partial charge in [0, 0.05) is 6.04 Å². The number of aliphatic hydroxyl groups excluding tert-OH is 1. The monoisotopic (exact) mass is 677 g/mol. The van der Waals surface area contributed by atoms with Crippen molar-refractivity contribution in [2.24, 2.45) is 0 Å². The molecule has 5 rings (SSSR count). The molecule has 6 atom stereocenters. The molecule has 1 saturated carbocycles. The second kappa shape index (κ2) is 12.5. The van der Waals surface area contributed by atoms with Crippen LogP contribution in [0.4, 0.5) is 24.9 Å². The molecule has 0 radical (unpaired) electrons. The summed E-state index contributed by atoms with van der Waals surface area (Å²) in [7, 11) is -4.53. The number of nitrogens with zero attached hydrogens (tertiary/aromatic N) is 4. The van der Waals surface area contributed by atoms with E-state index >= 15 is 0 Å². The van der Waals surface area contributed by atoms with Crippen molar-refractivity contribution in [3.63, 3.8) is 0 Å². The molecule has 14 nitrogen and oxygen atoms in total. The first-order valence-corrected chi connectivity index (χ1v) is 15.9. The van der Waals surface area contributed by atoms with Gasteiger partial charge in [0.05, 0.1) is 19.0 Å². The maximum absolute atomic E-state index is 14.6. The van der Waals surface area contributed by atoms with Gasteiger partial charge < -0.3 is 30.2 Å². The third-order valence-corrected chi connectivity index (χ3v) is 9.19. The second-order valence-corrected chi connectivity index (χ2v) is 13.3. The van der Waals surface area contributed by atoms with Crippen molar-refractivity contribution in [3.8, 4) is 5.75 Å². The Hall–Kier alpha value is -3.21. The number of hydrogen-bond acceptors (Lipinski definition) is 12. The zero-order chi connectivity index (χ0) is 32.7. The van der Waals surface area contributed by atoms with E-state index in [4.69, 9.17) is 35.9 Å². The van der Waals surface area contributed by atoms with Crippen molar-refractivity contribution in [3.05, 3.63) is 36.7 Å². The molecule has 2 fully saturated rings. The smallest absolute Gasteiger partial charge is 0.459 e. The highest BCUT2D eigenvalue weighted by Crippen LogP contribution is 2.55. The number of rotatable bonds is 12. The molecule has 1 aliphatic carbocycles. The standard InChI is InChI=1S/C26H32ClF3N7O7P/c1-13(2)42-22(39)14(3)36-45(40,44-16-7-5-4-6-8-16)41-11-17-19(38)25(27,26(28,29)30)23(43-17)37-12-32-18-20(33-15-9-10-15)34-24(31)35-21(18)37/h4-8,12-15,17,19,23,38H,9-11H2,1-3H3,(H,36,40)(H3,31,33,34,35)/t14?,17-,19-,23-,25-,45+/m1/s1. The van der Waals surface area contributed by atoms with Gasteiger partial charge in [-0.25, -0.2) is 9.55 Å². The SMILES string of the molecule is CC(C)OC(=O)C(C)N[P@](=O)(OC[C@H]1O[C@@H](n2cnc3c(NC4CC4)nc(N)nc32)[C@@](Cl)(C(F)(F)F)[C@@H]1O)Oc1ccccc1. The number of nitrogens with one attached hydrogen (secondary N) is 2. The van der Waals surface area contributed by atoms with Crippen LogP contribution in [0.15, 0.2) is 36.7 Å². The number of carbonyl (C=O) groups is 1. The number of fused-ring (bicyclic) bond motifs is 1. The second-order valence-electron chi connectivity index (χ2n) is 10.9. The number of aromatic nitrogens is 4. The maximum Gasteiger partial charge on any atom is 0.459 e. The van der Waals surface area contributed by atoms with Crippen LogP contribution in [-0.2, 0) is 23.4 Å². The van der Waals surface area contributed by atoms with E-state index in [1.807, 2.05) is 0 Å². The molecule has 2 aliphatic rings. The van der Waals surface area contributed by atoms with Gasteiger partial charge in [-0.05, 0) is 45.7 Å². The lowest BCUT2D eigenvalue weighted by molar-refractivity contribution is -0.195. The molecule has 0 bridgehead atoms. The summed E-state index contributed by atoms with van der Waals surface area (Å²) in [5.41, 5.74) is 5.83. The van der Waals surface area contributed by atoms with Crippen LogP contribution in [0, 0.1) is 0 Å². The predicted molar refractivity (Wildman–Crippen MR) is 155 cm³/mol. The first kappa shape index (κ1) is 33.2. The van der Waals surface area contributed by atoms with Gasteiger partial charge in [-0.3, -0.25) is 13.9 Å². The molecule has 5 N–H and O–H groups in total. The summed E-state index contributed by atoms with van der Waals surface area (Å²) in [6, 6.07) is 6.59. The van der Waals surface area contributed by atoms with Crippen molar-refractivity contribution >= 4 is 48.2 Å². The molecule has 246 valence electrons. The van der Waals surface area contributed by atoms with Crippen LogP contribution >= 0.6 is 19.3 Å². The van der Waals surface area contributed by atoms with Crippen molar-refractivity contribution in [2.75, 3.05) is 17.7 Å². The largest absolute Gasteiger partial charge is 0.462 e. The van der Waals surface area contributed by atoms with Crippen molar-refractivity contribution in [1.82, 2.24) is 24.6 Å². The lowest BCUT2D eigenvalue weighted by atomic mass is 9.98. The molecule has 3 heterocycles. The number of para-hydroxylation sites is 1. The average Bonchev–Trinajstić information content (AvgIpc) is 3.61. The Morgan fingerprint density at radius 2 is 1.96 bits per heavy atom. The molecule has 1 unspecified atom stereocenters. The fourth-order valence-electron chi connectivity index (χ4n) is 4.59. The summed E-state index contributed by atoms with van der Waals surface area (Å²) < 4.78 is 80.4. The van der Waals surface area contributed by atoms with E-state index in [2.05, 4.69) is 25.4 Å². The fourth-order valence-corrected chi connectivity index (χ4v) is 6.39. The molecule has 3 aromatic rings. The number of anilines is 2. The van der Waals surface area contributed by atoms with Crippen molar-refractivity contribution in [2.45, 2.75) is 81.3 Å². The number of hydrogen-bond donors (Lipinski definition) is 4. The van der Waals surface area contributed by atoms with E-state index in [0.29, 0.717) is 0 Å². The minimum atomic E-state index is -5.24. The first-order valence-electron chi connectivity index (χ1n) is 13.9. The minimum absolute atomic E-state index is 0.0586. The third kappa shape index (κ3) is 6.98. The Morgan fingerprint density at radius 1 is 1.27 bits per heavy atom. The highest BCUT2D eigenvalue weighted by molar-refractivity contribution is 7.52. The van der Waals surface area contributed by atoms with Gasteiger partial charge in [-0.15, -0.1) is 11.6 Å². The van der Waals surface area contributed by atoms with E-state index in [-0.39, 0.29) is 34.7 Å². The number of benzene rings is 1. The highest BCUT2D eigenvalue weighted by atomic mass is 35.5. The van der Waals surface area contributed by atoms with Gasteiger partial charge in [0.25, 0.3) is 0 Å².